The van der Waals surface area contributed by atoms with Crippen molar-refractivity contribution in [1.29, 1.82) is 0 Å². The van der Waals surface area contributed by atoms with Crippen molar-refractivity contribution in [2.75, 3.05) is 38.3 Å². The second-order valence-electron chi connectivity index (χ2n) is 7.63. The molecular weight excluding hydrogens is 398 g/mol. The van der Waals surface area contributed by atoms with Gasteiger partial charge in [0.15, 0.2) is 6.61 Å². The Morgan fingerprint density at radius 2 is 1.90 bits per heavy atom. The van der Waals surface area contributed by atoms with Gasteiger partial charge in [-0.2, -0.15) is 0 Å². The van der Waals surface area contributed by atoms with Gasteiger partial charge in [-0.3, -0.25) is 9.59 Å². The summed E-state index contributed by atoms with van der Waals surface area (Å²) in [6.07, 6.45) is 0.522. The maximum absolute atomic E-state index is 12.9. The second kappa shape index (κ2) is 9.18. The number of methoxy groups -OCH3 is 1. The molecule has 2 atom stereocenters. The molecule has 31 heavy (non-hydrogen) atoms. The molecule has 162 valence electrons. The summed E-state index contributed by atoms with van der Waals surface area (Å²) in [5.41, 5.74) is 2.34. The summed E-state index contributed by atoms with van der Waals surface area (Å²) in [4.78, 5) is 40.0. The molecule has 3 amide bonds. The predicted molar refractivity (Wildman–Crippen MR) is 114 cm³/mol. The van der Waals surface area contributed by atoms with E-state index in [0.29, 0.717) is 5.56 Å². The van der Waals surface area contributed by atoms with E-state index < -0.39 is 18.0 Å². The molecule has 1 N–H and O–H groups in total. The number of benzene rings is 2. The summed E-state index contributed by atoms with van der Waals surface area (Å²) in [5, 5.41) is 2.95. The van der Waals surface area contributed by atoms with Crippen LogP contribution in [0.4, 0.5) is 10.5 Å². The minimum Gasteiger partial charge on any atom is -0.439 e. The maximum atomic E-state index is 12.9. The van der Waals surface area contributed by atoms with Crippen molar-refractivity contribution in [2.24, 2.45) is 0 Å². The number of nitrogens with zero attached hydrogens (tertiary/aromatic N) is 2. The second-order valence-corrected chi connectivity index (χ2v) is 7.63. The van der Waals surface area contributed by atoms with Gasteiger partial charge >= 0.3 is 6.09 Å². The Morgan fingerprint density at radius 1 is 1.16 bits per heavy atom. The van der Waals surface area contributed by atoms with Crippen LogP contribution in [0.2, 0.25) is 0 Å². The van der Waals surface area contributed by atoms with E-state index in [2.05, 4.69) is 10.2 Å². The number of carbonyl (C=O) groups is 3. The molecule has 0 aromatic heterocycles. The molecule has 2 aromatic carbocycles. The number of anilines is 1. The van der Waals surface area contributed by atoms with Crippen LogP contribution in [0.5, 0.6) is 0 Å². The van der Waals surface area contributed by atoms with Gasteiger partial charge < -0.3 is 19.7 Å². The number of ether oxygens (including phenoxy) is 2. The summed E-state index contributed by atoms with van der Waals surface area (Å²) in [6.45, 7) is 1.49. The minimum absolute atomic E-state index is 0.0116. The molecule has 0 aliphatic carbocycles. The monoisotopic (exact) mass is 423 g/mol. The average molecular weight is 423 g/mol. The summed E-state index contributed by atoms with van der Waals surface area (Å²) in [6, 6.07) is 16.1. The molecule has 0 radical (unpaired) electrons. The van der Waals surface area contributed by atoms with Crippen LogP contribution in [-0.4, -0.2) is 62.3 Å². The lowest BCUT2D eigenvalue weighted by Gasteiger charge is -2.23. The highest BCUT2D eigenvalue weighted by Crippen LogP contribution is 2.23. The smallest absolute Gasteiger partial charge is 0.417 e. The van der Waals surface area contributed by atoms with E-state index in [1.807, 2.05) is 42.5 Å². The van der Waals surface area contributed by atoms with Gasteiger partial charge in [0, 0.05) is 31.5 Å². The van der Waals surface area contributed by atoms with Gasteiger partial charge in [0.25, 0.3) is 11.8 Å². The van der Waals surface area contributed by atoms with E-state index in [9.17, 15) is 14.4 Å². The first-order chi connectivity index (χ1) is 15.0. The molecule has 0 saturated carbocycles. The molecule has 2 aromatic rings. The number of rotatable bonds is 7. The fourth-order valence-electron chi connectivity index (χ4n) is 3.88. The van der Waals surface area contributed by atoms with Crippen LogP contribution < -0.4 is 10.2 Å². The lowest BCUT2D eigenvalue weighted by Crippen LogP contribution is -2.40. The van der Waals surface area contributed by atoms with Crippen molar-refractivity contribution >= 4 is 23.6 Å². The number of nitrogens with one attached hydrogen (secondary N) is 1. The van der Waals surface area contributed by atoms with Crippen LogP contribution in [0.25, 0.3) is 0 Å². The maximum Gasteiger partial charge on any atom is 0.417 e. The molecule has 2 aliphatic rings. The number of carbonyl (C=O) groups excluding carboxylic acids is 3. The van der Waals surface area contributed by atoms with Gasteiger partial charge in [-0.15, -0.1) is 0 Å². The lowest BCUT2D eigenvalue weighted by molar-refractivity contribution is -0.126. The summed E-state index contributed by atoms with van der Waals surface area (Å²) >= 11 is 0. The van der Waals surface area contributed by atoms with Crippen molar-refractivity contribution in [3.63, 3.8) is 0 Å². The van der Waals surface area contributed by atoms with Crippen molar-refractivity contribution in [1.82, 2.24) is 10.2 Å². The van der Waals surface area contributed by atoms with Gasteiger partial charge in [-0.1, -0.05) is 30.3 Å². The number of hydrogen-bond acceptors (Lipinski definition) is 6. The van der Waals surface area contributed by atoms with E-state index >= 15 is 0 Å². The molecule has 0 spiro atoms. The summed E-state index contributed by atoms with van der Waals surface area (Å²) in [7, 11) is 1.72. The first-order valence-electron chi connectivity index (χ1n) is 10.3. The van der Waals surface area contributed by atoms with Gasteiger partial charge in [0.1, 0.15) is 0 Å². The SMILES string of the molecule is COC1CCN(c2ccc(C(=O)NC(CN3C(=O)COC3=O)c3ccccc3)cc2)C1. The third kappa shape index (κ3) is 4.69. The molecule has 8 nitrogen and oxygen atoms in total. The zero-order valence-corrected chi connectivity index (χ0v) is 17.3. The van der Waals surface area contributed by atoms with Gasteiger partial charge in [-0.25, -0.2) is 9.69 Å². The van der Waals surface area contributed by atoms with E-state index in [0.717, 1.165) is 35.7 Å². The minimum atomic E-state index is -0.690. The van der Waals surface area contributed by atoms with Crippen LogP contribution >= 0.6 is 0 Å². The molecule has 8 heteroatoms. The summed E-state index contributed by atoms with van der Waals surface area (Å²) < 4.78 is 10.2. The fraction of sp³-hybridized carbons (Fsp3) is 0.348. The normalized spacial score (nSPS) is 19.5. The van der Waals surface area contributed by atoms with E-state index in [1.165, 1.54) is 0 Å². The van der Waals surface area contributed by atoms with Crippen molar-refractivity contribution in [3.05, 3.63) is 65.7 Å². The predicted octanol–water partition coefficient (Wildman–Crippen LogP) is 2.36. The molecule has 2 unspecified atom stereocenters. The molecule has 2 aliphatic heterocycles. The quantitative estimate of drug-likeness (QED) is 0.736. The first kappa shape index (κ1) is 20.9. The van der Waals surface area contributed by atoms with Crippen LogP contribution in [0, 0.1) is 0 Å². The topological polar surface area (TPSA) is 88.2 Å². The van der Waals surface area contributed by atoms with Gasteiger partial charge in [0.2, 0.25) is 0 Å². The standard InChI is InChI=1S/C23H25N3O5/c1-30-19-11-12-25(13-19)18-9-7-17(8-10-18)22(28)24-20(16-5-3-2-4-6-16)14-26-21(27)15-31-23(26)29/h2-10,19-20H,11-15H2,1H3,(H,24,28). The number of imide groups is 1. The lowest BCUT2D eigenvalue weighted by atomic mass is 10.1. The van der Waals surface area contributed by atoms with E-state index in [1.54, 1.807) is 19.2 Å². The van der Waals surface area contributed by atoms with E-state index in [-0.39, 0.29) is 25.2 Å². The Hall–Kier alpha value is -3.39. The first-order valence-corrected chi connectivity index (χ1v) is 10.3. The molecule has 0 bridgehead atoms. The number of amides is 3. The summed E-state index contributed by atoms with van der Waals surface area (Å²) in [5.74, 6) is -0.693. The molecular formula is C23H25N3O5. The Balaban J connectivity index is 1.47. The highest BCUT2D eigenvalue weighted by Gasteiger charge is 2.34. The Labute approximate surface area is 180 Å². The molecule has 4 rings (SSSR count). The van der Waals surface area contributed by atoms with Crippen LogP contribution in [-0.2, 0) is 14.3 Å². The third-order valence-corrected chi connectivity index (χ3v) is 5.69. The average Bonchev–Trinajstić information content (AvgIpc) is 3.41. The Morgan fingerprint density at radius 3 is 2.52 bits per heavy atom. The number of cyclic esters (lactones) is 1. The van der Waals surface area contributed by atoms with Crippen LogP contribution in [0.3, 0.4) is 0 Å². The largest absolute Gasteiger partial charge is 0.439 e. The highest BCUT2D eigenvalue weighted by molar-refractivity contribution is 5.98. The van der Waals surface area contributed by atoms with E-state index in [4.69, 9.17) is 9.47 Å². The van der Waals surface area contributed by atoms with Crippen molar-refractivity contribution in [2.45, 2.75) is 18.6 Å². The third-order valence-electron chi connectivity index (χ3n) is 5.69. The number of hydrogen-bond donors (Lipinski definition) is 1. The Bertz CT molecular complexity index is 931. The van der Waals surface area contributed by atoms with Crippen LogP contribution in [0.15, 0.2) is 54.6 Å². The zero-order valence-electron chi connectivity index (χ0n) is 17.3. The van der Waals surface area contributed by atoms with Gasteiger partial charge in [-0.05, 0) is 36.2 Å². The van der Waals surface area contributed by atoms with Crippen molar-refractivity contribution in [3.8, 4) is 0 Å². The van der Waals surface area contributed by atoms with Crippen molar-refractivity contribution < 1.29 is 23.9 Å². The van der Waals surface area contributed by atoms with Crippen LogP contribution in [0.1, 0.15) is 28.4 Å². The highest BCUT2D eigenvalue weighted by atomic mass is 16.6. The molecule has 2 heterocycles. The zero-order chi connectivity index (χ0) is 21.8. The molecule has 2 fully saturated rings. The fourth-order valence-corrected chi connectivity index (χ4v) is 3.88. The molecule has 2 saturated heterocycles. The Kier molecular flexibility index (Phi) is 6.18. The van der Waals surface area contributed by atoms with Gasteiger partial charge in [0.05, 0.1) is 18.7 Å².